The van der Waals surface area contributed by atoms with Crippen molar-refractivity contribution < 1.29 is 23.1 Å². The van der Waals surface area contributed by atoms with Crippen LogP contribution in [0.4, 0.5) is 0 Å². The van der Waals surface area contributed by atoms with Crippen molar-refractivity contribution >= 4 is 31.9 Å². The summed E-state index contributed by atoms with van der Waals surface area (Å²) >= 11 is 3.21. The van der Waals surface area contributed by atoms with Gasteiger partial charge in [-0.1, -0.05) is 0 Å². The maximum atomic E-state index is 12.1. The van der Waals surface area contributed by atoms with Crippen molar-refractivity contribution in [2.75, 3.05) is 13.7 Å². The molecule has 20 heavy (non-hydrogen) atoms. The molecule has 1 aromatic carbocycles. The van der Waals surface area contributed by atoms with Crippen LogP contribution in [0.15, 0.2) is 27.6 Å². The fraction of sp³-hybridized carbons (Fsp3) is 0.417. The summed E-state index contributed by atoms with van der Waals surface area (Å²) in [6.07, 6.45) is 0.994. The van der Waals surface area contributed by atoms with E-state index in [-0.39, 0.29) is 11.4 Å². The number of methoxy groups -OCH3 is 1. The zero-order valence-corrected chi connectivity index (χ0v) is 13.1. The van der Waals surface area contributed by atoms with Crippen molar-refractivity contribution in [2.45, 2.75) is 17.7 Å². The van der Waals surface area contributed by atoms with Gasteiger partial charge in [0.15, 0.2) is 0 Å². The SMILES string of the molecule is COc1ccc(S(=O)(=O)NCC2(C(=O)O)CC2)cc1Br. The lowest BCUT2D eigenvalue weighted by Crippen LogP contribution is -2.34. The molecule has 0 aromatic heterocycles. The van der Waals surface area contributed by atoms with Gasteiger partial charge in [-0.25, -0.2) is 13.1 Å². The summed E-state index contributed by atoms with van der Waals surface area (Å²) in [4.78, 5) is 11.1. The van der Waals surface area contributed by atoms with E-state index >= 15 is 0 Å². The zero-order valence-electron chi connectivity index (χ0n) is 10.7. The monoisotopic (exact) mass is 363 g/mol. The molecule has 1 saturated carbocycles. The molecule has 1 fully saturated rings. The number of carboxylic acid groups (broad SMARTS) is 1. The Kier molecular flexibility index (Phi) is 4.08. The molecule has 8 heteroatoms. The van der Waals surface area contributed by atoms with Crippen LogP contribution in [0.1, 0.15) is 12.8 Å². The molecular formula is C12H14BrNO5S. The van der Waals surface area contributed by atoms with Crippen LogP contribution >= 0.6 is 15.9 Å². The lowest BCUT2D eigenvalue weighted by molar-refractivity contribution is -0.143. The molecule has 0 aliphatic heterocycles. The number of carbonyl (C=O) groups is 1. The molecule has 0 atom stereocenters. The summed E-state index contributed by atoms with van der Waals surface area (Å²) < 4.78 is 32.1. The first kappa shape index (κ1) is 15.3. The van der Waals surface area contributed by atoms with E-state index < -0.39 is 21.4 Å². The third-order valence-corrected chi connectivity index (χ3v) is 5.36. The Hall–Kier alpha value is -1.12. The molecule has 0 unspecified atom stereocenters. The van der Waals surface area contributed by atoms with Crippen molar-refractivity contribution in [3.63, 3.8) is 0 Å². The van der Waals surface area contributed by atoms with E-state index in [1.165, 1.54) is 25.3 Å². The Labute approximate surface area is 125 Å². The van der Waals surface area contributed by atoms with Crippen molar-refractivity contribution in [2.24, 2.45) is 5.41 Å². The van der Waals surface area contributed by atoms with Gasteiger partial charge in [0.05, 0.1) is 21.9 Å². The van der Waals surface area contributed by atoms with E-state index in [9.17, 15) is 13.2 Å². The Morgan fingerprint density at radius 3 is 2.60 bits per heavy atom. The number of benzene rings is 1. The Balaban J connectivity index is 2.15. The van der Waals surface area contributed by atoms with Gasteiger partial charge >= 0.3 is 5.97 Å². The standard InChI is InChI=1S/C12H14BrNO5S/c1-19-10-3-2-8(6-9(10)13)20(17,18)14-7-12(4-5-12)11(15)16/h2-3,6,14H,4-5,7H2,1H3,(H,15,16). The highest BCUT2D eigenvalue weighted by molar-refractivity contribution is 9.10. The summed E-state index contributed by atoms with van der Waals surface area (Å²) in [6, 6.07) is 4.36. The molecule has 2 rings (SSSR count). The lowest BCUT2D eigenvalue weighted by Gasteiger charge is -2.12. The number of rotatable bonds is 6. The van der Waals surface area contributed by atoms with Gasteiger partial charge in [0.2, 0.25) is 10.0 Å². The maximum absolute atomic E-state index is 12.1. The van der Waals surface area contributed by atoms with Gasteiger partial charge in [-0.05, 0) is 47.0 Å². The van der Waals surface area contributed by atoms with Gasteiger partial charge in [0.25, 0.3) is 0 Å². The second kappa shape index (κ2) is 5.34. The van der Waals surface area contributed by atoms with Crippen LogP contribution in [-0.4, -0.2) is 33.1 Å². The van der Waals surface area contributed by atoms with Crippen molar-refractivity contribution in [1.82, 2.24) is 4.72 Å². The highest BCUT2D eigenvalue weighted by Gasteiger charge is 2.50. The Morgan fingerprint density at radius 1 is 1.50 bits per heavy atom. The van der Waals surface area contributed by atoms with Gasteiger partial charge in [0, 0.05) is 6.54 Å². The van der Waals surface area contributed by atoms with E-state index in [2.05, 4.69) is 20.7 Å². The second-order valence-electron chi connectivity index (χ2n) is 4.71. The minimum atomic E-state index is -3.73. The molecule has 0 radical (unpaired) electrons. The van der Waals surface area contributed by atoms with Gasteiger partial charge in [-0.15, -0.1) is 0 Å². The van der Waals surface area contributed by atoms with E-state index in [4.69, 9.17) is 9.84 Å². The molecular weight excluding hydrogens is 350 g/mol. The molecule has 1 aliphatic carbocycles. The van der Waals surface area contributed by atoms with Crippen LogP contribution in [0.2, 0.25) is 0 Å². The first-order valence-electron chi connectivity index (χ1n) is 5.87. The average molecular weight is 364 g/mol. The third-order valence-electron chi connectivity index (χ3n) is 3.34. The van der Waals surface area contributed by atoms with Gasteiger partial charge in [0.1, 0.15) is 5.75 Å². The van der Waals surface area contributed by atoms with E-state index in [1.807, 2.05) is 0 Å². The van der Waals surface area contributed by atoms with Crippen molar-refractivity contribution in [3.8, 4) is 5.75 Å². The summed E-state index contributed by atoms with van der Waals surface area (Å²) in [7, 11) is -2.25. The van der Waals surface area contributed by atoms with E-state index in [0.29, 0.717) is 23.1 Å². The quantitative estimate of drug-likeness (QED) is 0.800. The molecule has 110 valence electrons. The fourth-order valence-electron chi connectivity index (χ4n) is 1.75. The zero-order chi connectivity index (χ0) is 15.0. The number of sulfonamides is 1. The van der Waals surface area contributed by atoms with Gasteiger partial charge in [-0.2, -0.15) is 0 Å². The first-order valence-corrected chi connectivity index (χ1v) is 8.15. The molecule has 0 heterocycles. The smallest absolute Gasteiger partial charge is 0.310 e. The average Bonchev–Trinajstić information content (AvgIpc) is 3.17. The number of hydrogen-bond donors (Lipinski definition) is 2. The molecule has 0 amide bonds. The maximum Gasteiger partial charge on any atom is 0.310 e. The molecule has 6 nitrogen and oxygen atoms in total. The summed E-state index contributed by atoms with van der Waals surface area (Å²) in [5.41, 5.74) is -0.934. The molecule has 0 spiro atoms. The highest BCUT2D eigenvalue weighted by atomic mass is 79.9. The van der Waals surface area contributed by atoms with Crippen LogP contribution in [-0.2, 0) is 14.8 Å². The fourth-order valence-corrected chi connectivity index (χ4v) is 3.59. The number of aliphatic carboxylic acids is 1. The van der Waals surface area contributed by atoms with Crippen molar-refractivity contribution in [3.05, 3.63) is 22.7 Å². The number of ether oxygens (including phenoxy) is 1. The number of halogens is 1. The normalized spacial score (nSPS) is 16.7. The molecule has 0 bridgehead atoms. The second-order valence-corrected chi connectivity index (χ2v) is 7.33. The van der Waals surface area contributed by atoms with Crippen LogP contribution in [0, 0.1) is 5.41 Å². The molecule has 2 N–H and O–H groups in total. The lowest BCUT2D eigenvalue weighted by atomic mass is 10.1. The number of nitrogens with one attached hydrogen (secondary N) is 1. The first-order chi connectivity index (χ1) is 9.31. The van der Waals surface area contributed by atoms with E-state index in [1.54, 1.807) is 0 Å². The van der Waals surface area contributed by atoms with Crippen LogP contribution in [0.5, 0.6) is 5.75 Å². The third kappa shape index (κ3) is 2.97. The minimum absolute atomic E-state index is 0.0614. The summed E-state index contributed by atoms with van der Waals surface area (Å²) in [6.45, 7) is -0.0890. The summed E-state index contributed by atoms with van der Waals surface area (Å²) in [5, 5.41) is 9.02. The number of carboxylic acids is 1. The minimum Gasteiger partial charge on any atom is -0.496 e. The van der Waals surface area contributed by atoms with Crippen LogP contribution < -0.4 is 9.46 Å². The largest absolute Gasteiger partial charge is 0.496 e. The predicted molar refractivity (Wildman–Crippen MR) is 75.2 cm³/mol. The van der Waals surface area contributed by atoms with Crippen LogP contribution in [0.25, 0.3) is 0 Å². The molecule has 1 aliphatic rings. The Morgan fingerprint density at radius 2 is 2.15 bits per heavy atom. The summed E-state index contributed by atoms with van der Waals surface area (Å²) in [5.74, 6) is -0.440. The topological polar surface area (TPSA) is 92.7 Å². The Bertz CT molecular complexity index is 639. The van der Waals surface area contributed by atoms with Gasteiger partial charge in [-0.3, -0.25) is 4.79 Å². The van der Waals surface area contributed by atoms with E-state index in [0.717, 1.165) is 0 Å². The van der Waals surface area contributed by atoms with Crippen molar-refractivity contribution in [1.29, 1.82) is 0 Å². The highest BCUT2D eigenvalue weighted by Crippen LogP contribution is 2.45. The number of hydrogen-bond acceptors (Lipinski definition) is 4. The molecule has 1 aromatic rings. The predicted octanol–water partition coefficient (Wildman–Crippen LogP) is 1.60. The van der Waals surface area contributed by atoms with Crippen LogP contribution in [0.3, 0.4) is 0 Å². The molecule has 0 saturated heterocycles. The van der Waals surface area contributed by atoms with Gasteiger partial charge < -0.3 is 9.84 Å².